The second-order valence-corrected chi connectivity index (χ2v) is 16.9. The molecule has 3 fully saturated rings. The lowest BCUT2D eigenvalue weighted by molar-refractivity contribution is -0.140. The number of fused-ring (bicyclic) bond motifs is 1. The molecular weight excluding hydrogens is 717 g/mol. The molecule has 10 nitrogen and oxygen atoms in total. The molecule has 284 valence electrons. The highest BCUT2D eigenvalue weighted by Gasteiger charge is 2.52. The van der Waals surface area contributed by atoms with Crippen LogP contribution in [0.1, 0.15) is 49.4 Å². The highest BCUT2D eigenvalue weighted by molar-refractivity contribution is 7.13. The van der Waals surface area contributed by atoms with Crippen LogP contribution in [0.5, 0.6) is 0 Å². The molecule has 3 aliphatic heterocycles. The van der Waals surface area contributed by atoms with E-state index in [-0.39, 0.29) is 29.1 Å². The average Bonchev–Trinajstić information content (AvgIpc) is 3.86. The van der Waals surface area contributed by atoms with Gasteiger partial charge in [-0.1, -0.05) is 74.5 Å². The zero-order valence-electron chi connectivity index (χ0n) is 32.1. The van der Waals surface area contributed by atoms with Gasteiger partial charge in [0.25, 0.3) is 0 Å². The number of anilines is 2. The number of carbonyl (C=O) groups excluding carboxylic acids is 2. The van der Waals surface area contributed by atoms with Crippen LogP contribution < -0.4 is 15.1 Å². The Morgan fingerprint density at radius 1 is 0.875 bits per heavy atom. The van der Waals surface area contributed by atoms with Crippen LogP contribution in [0.2, 0.25) is 0 Å². The van der Waals surface area contributed by atoms with Gasteiger partial charge in [-0.2, -0.15) is 0 Å². The largest absolute Gasteiger partial charge is 0.370 e. The third-order valence-corrected chi connectivity index (χ3v) is 12.7. The van der Waals surface area contributed by atoms with Gasteiger partial charge in [0, 0.05) is 67.5 Å². The van der Waals surface area contributed by atoms with Gasteiger partial charge < -0.3 is 20.0 Å². The van der Waals surface area contributed by atoms with Crippen LogP contribution in [0.25, 0.3) is 32.6 Å². The first-order valence-corrected chi connectivity index (χ1v) is 20.5. The number of pyridine rings is 1. The summed E-state index contributed by atoms with van der Waals surface area (Å²) in [4.78, 5) is 44.7. The number of hydrogen-bond acceptors (Lipinski definition) is 9. The summed E-state index contributed by atoms with van der Waals surface area (Å²) in [5.41, 5.74) is 10.2. The topological polar surface area (TPSA) is 107 Å². The van der Waals surface area contributed by atoms with Crippen molar-refractivity contribution in [3.8, 4) is 21.7 Å². The van der Waals surface area contributed by atoms with Gasteiger partial charge in [-0.3, -0.25) is 9.59 Å². The van der Waals surface area contributed by atoms with E-state index in [1.54, 1.807) is 11.3 Å². The predicted octanol–water partition coefficient (Wildman–Crippen LogP) is 7.50. The number of hydrogen-bond donors (Lipinski definition) is 1. The van der Waals surface area contributed by atoms with Crippen molar-refractivity contribution in [1.29, 1.82) is 0 Å². The Bertz CT molecular complexity index is 2380. The second kappa shape index (κ2) is 14.8. The number of aromatic nitrogens is 4. The molecule has 3 aliphatic rings. The van der Waals surface area contributed by atoms with Gasteiger partial charge in [-0.05, 0) is 72.7 Å². The molecule has 3 saturated heterocycles. The maximum Gasteiger partial charge on any atom is 0.243 e. The van der Waals surface area contributed by atoms with Crippen LogP contribution in [0, 0.1) is 18.3 Å². The molecule has 2 atom stereocenters. The summed E-state index contributed by atoms with van der Waals surface area (Å²) in [6, 6.07) is 30.6. The van der Waals surface area contributed by atoms with Gasteiger partial charge in [0.2, 0.25) is 11.8 Å². The van der Waals surface area contributed by atoms with Gasteiger partial charge in [-0.25, -0.2) is 9.97 Å². The van der Waals surface area contributed by atoms with Crippen LogP contribution in [0.4, 0.5) is 11.5 Å². The molecule has 56 heavy (non-hydrogen) atoms. The first-order chi connectivity index (χ1) is 27.2. The minimum absolute atomic E-state index is 0.0187. The van der Waals surface area contributed by atoms with Crippen LogP contribution in [-0.2, 0) is 16.1 Å². The lowest BCUT2D eigenvalue weighted by atomic mass is 9.72. The van der Waals surface area contributed by atoms with Gasteiger partial charge in [0.1, 0.15) is 11.9 Å². The molecule has 0 saturated carbocycles. The fraction of sp³-hybridized carbons (Fsp3) is 0.333. The summed E-state index contributed by atoms with van der Waals surface area (Å²) in [5.74, 6) is 0.535. The minimum atomic E-state index is -0.470. The van der Waals surface area contributed by atoms with Crippen molar-refractivity contribution in [2.24, 2.45) is 11.3 Å². The highest BCUT2D eigenvalue weighted by atomic mass is 32.1. The number of thiazole rings is 1. The molecule has 3 aromatic heterocycles. The summed E-state index contributed by atoms with van der Waals surface area (Å²) in [5, 5.41) is 13.3. The normalized spacial score (nSPS) is 17.9. The van der Waals surface area contributed by atoms with Crippen molar-refractivity contribution in [2.75, 3.05) is 42.5 Å². The number of rotatable bonds is 10. The van der Waals surface area contributed by atoms with Gasteiger partial charge in [0.15, 0.2) is 0 Å². The van der Waals surface area contributed by atoms with E-state index in [1.807, 2.05) is 59.9 Å². The maximum absolute atomic E-state index is 14.3. The Morgan fingerprint density at radius 2 is 1.66 bits per heavy atom. The lowest BCUT2D eigenvalue weighted by Gasteiger charge is -2.61. The Kier molecular flexibility index (Phi) is 9.49. The van der Waals surface area contributed by atoms with E-state index in [4.69, 9.17) is 4.98 Å². The van der Waals surface area contributed by atoms with Crippen LogP contribution in [0.3, 0.4) is 0 Å². The molecule has 0 bridgehead atoms. The molecular formula is C45H46N8O2S. The van der Waals surface area contributed by atoms with Crippen LogP contribution >= 0.6 is 11.3 Å². The van der Waals surface area contributed by atoms with Crippen molar-refractivity contribution in [2.45, 2.75) is 52.1 Å². The van der Waals surface area contributed by atoms with E-state index >= 15 is 0 Å². The van der Waals surface area contributed by atoms with Crippen molar-refractivity contribution in [3.63, 3.8) is 0 Å². The SMILES string of the molecule is Cc1ncsc1-c1ccc(CNC(=O)C2CCCN2C(=O)[C@@H](c2ccnc(N3CC4(CN(c5ccc6cc(-c7ccccc7)nnc6c5)C4)C3)c2)C(C)C)cc1. The molecule has 6 heterocycles. The molecule has 1 spiro atoms. The molecule has 9 rings (SSSR count). The lowest BCUT2D eigenvalue weighted by Crippen LogP contribution is -2.72. The number of benzene rings is 3. The number of nitrogens with one attached hydrogen (secondary N) is 1. The number of aryl methyl sites for hydroxylation is 1. The molecule has 2 amide bonds. The standard InChI is InChI=1S/C45H46N8O2S/c1-29(2)41(44(55)53-19-7-10-39(53)43(54)47-23-31-11-13-33(14-12-31)42-30(3)48-28-56-42)35-17-18-46-40(21-35)52-26-45(27-52)24-51(25-45)36-16-15-34-20-37(49-50-38(34)22-36)32-8-5-4-6-9-32/h4-6,8-9,11-18,20-22,28-29,39,41H,7,10,19,23-27H2,1-3H3,(H,47,54)/t39?,41-/m1/s1. The minimum Gasteiger partial charge on any atom is -0.370 e. The van der Waals surface area contributed by atoms with Crippen molar-refractivity contribution in [1.82, 2.24) is 30.4 Å². The third-order valence-electron chi connectivity index (χ3n) is 11.8. The van der Waals surface area contributed by atoms with E-state index in [0.717, 1.165) is 87.8 Å². The van der Waals surface area contributed by atoms with Gasteiger partial charge in [-0.15, -0.1) is 21.5 Å². The summed E-state index contributed by atoms with van der Waals surface area (Å²) < 4.78 is 0. The van der Waals surface area contributed by atoms with Crippen LogP contribution in [0.15, 0.2) is 103 Å². The molecule has 0 aliphatic carbocycles. The highest BCUT2D eigenvalue weighted by Crippen LogP contribution is 2.44. The molecule has 3 aromatic carbocycles. The zero-order chi connectivity index (χ0) is 38.4. The Morgan fingerprint density at radius 3 is 2.41 bits per heavy atom. The van der Waals surface area contributed by atoms with Crippen molar-refractivity contribution >= 4 is 45.6 Å². The fourth-order valence-electron chi connectivity index (χ4n) is 8.80. The molecule has 11 heteroatoms. The van der Waals surface area contributed by atoms with E-state index in [9.17, 15) is 9.59 Å². The fourth-order valence-corrected chi connectivity index (χ4v) is 9.61. The second-order valence-electron chi connectivity index (χ2n) is 16.1. The Labute approximate surface area is 331 Å². The first-order valence-electron chi connectivity index (χ1n) is 19.6. The van der Waals surface area contributed by atoms with Gasteiger partial charge in [0.05, 0.1) is 33.2 Å². The predicted molar refractivity (Wildman–Crippen MR) is 223 cm³/mol. The third kappa shape index (κ3) is 6.89. The van der Waals surface area contributed by atoms with E-state index in [1.165, 1.54) is 5.69 Å². The van der Waals surface area contributed by atoms with E-state index in [0.29, 0.717) is 19.5 Å². The molecule has 1 unspecified atom stereocenters. The average molecular weight is 763 g/mol. The number of likely N-dealkylation sites (tertiary alicyclic amines) is 1. The number of nitrogens with zero attached hydrogens (tertiary/aromatic N) is 7. The summed E-state index contributed by atoms with van der Waals surface area (Å²) >= 11 is 1.63. The van der Waals surface area contributed by atoms with E-state index in [2.05, 4.69) is 98.7 Å². The Balaban J connectivity index is 0.812. The van der Waals surface area contributed by atoms with Crippen molar-refractivity contribution in [3.05, 3.63) is 120 Å². The van der Waals surface area contributed by atoms with Crippen molar-refractivity contribution < 1.29 is 9.59 Å². The molecule has 6 aromatic rings. The summed E-state index contributed by atoms with van der Waals surface area (Å²) in [7, 11) is 0. The summed E-state index contributed by atoms with van der Waals surface area (Å²) in [6.45, 7) is 11.0. The monoisotopic (exact) mass is 762 g/mol. The smallest absolute Gasteiger partial charge is 0.243 e. The molecule has 1 N–H and O–H groups in total. The van der Waals surface area contributed by atoms with Gasteiger partial charge >= 0.3 is 0 Å². The molecule has 0 radical (unpaired) electrons. The Hall–Kier alpha value is -5.68. The zero-order valence-corrected chi connectivity index (χ0v) is 32.9. The maximum atomic E-state index is 14.3. The quantitative estimate of drug-likeness (QED) is 0.153. The van der Waals surface area contributed by atoms with Crippen LogP contribution in [-0.4, -0.2) is 75.6 Å². The summed E-state index contributed by atoms with van der Waals surface area (Å²) in [6.07, 6.45) is 3.32. The number of amides is 2. The first kappa shape index (κ1) is 36.0. The number of carbonyl (C=O) groups is 2. The van der Waals surface area contributed by atoms with E-state index < -0.39 is 6.04 Å².